The Morgan fingerprint density at radius 1 is 1.48 bits per heavy atom. The highest BCUT2D eigenvalue weighted by Crippen LogP contribution is 2.32. The van der Waals surface area contributed by atoms with E-state index in [0.29, 0.717) is 6.04 Å². The summed E-state index contributed by atoms with van der Waals surface area (Å²) in [5.41, 5.74) is -0.488. The molecule has 0 aromatic carbocycles. The van der Waals surface area contributed by atoms with E-state index in [9.17, 15) is 4.79 Å². The molecule has 1 aliphatic heterocycles. The van der Waals surface area contributed by atoms with E-state index in [1.807, 2.05) is 7.05 Å². The van der Waals surface area contributed by atoms with E-state index in [1.165, 1.54) is 33.0 Å². The zero-order chi connectivity index (χ0) is 15.5. The Labute approximate surface area is 129 Å². The first-order chi connectivity index (χ1) is 10.0. The van der Waals surface area contributed by atoms with Crippen LogP contribution >= 0.6 is 0 Å². The maximum Gasteiger partial charge on any atom is 0.326 e. The number of esters is 1. The van der Waals surface area contributed by atoms with Crippen molar-refractivity contribution in [1.82, 2.24) is 15.1 Å². The molecule has 0 amide bonds. The van der Waals surface area contributed by atoms with Crippen LogP contribution in [0.25, 0.3) is 0 Å². The smallest absolute Gasteiger partial charge is 0.326 e. The van der Waals surface area contributed by atoms with Gasteiger partial charge < -0.3 is 19.9 Å². The maximum atomic E-state index is 12.2. The molecule has 1 saturated carbocycles. The summed E-state index contributed by atoms with van der Waals surface area (Å²) in [5.74, 6) is 0.660. The lowest BCUT2D eigenvalue weighted by atomic mass is 9.78. The molecule has 1 heterocycles. The third-order valence-corrected chi connectivity index (χ3v) is 5.44. The van der Waals surface area contributed by atoms with Gasteiger partial charge in [-0.3, -0.25) is 4.79 Å². The molecule has 3 unspecified atom stereocenters. The van der Waals surface area contributed by atoms with E-state index in [2.05, 4.69) is 29.2 Å². The fourth-order valence-electron chi connectivity index (χ4n) is 4.06. The Balaban J connectivity index is 1.94. The van der Waals surface area contributed by atoms with Crippen molar-refractivity contribution in [2.24, 2.45) is 5.92 Å². The fraction of sp³-hybridized carbons (Fsp3) is 0.938. The van der Waals surface area contributed by atoms with Gasteiger partial charge in [0.2, 0.25) is 0 Å². The lowest BCUT2D eigenvalue weighted by Gasteiger charge is -2.42. The van der Waals surface area contributed by atoms with E-state index in [-0.39, 0.29) is 5.97 Å². The zero-order valence-electron chi connectivity index (χ0n) is 14.0. The van der Waals surface area contributed by atoms with Gasteiger partial charge in [0, 0.05) is 19.1 Å². The molecule has 0 bridgehead atoms. The van der Waals surface area contributed by atoms with Gasteiger partial charge in [-0.25, -0.2) is 0 Å². The van der Waals surface area contributed by atoms with Gasteiger partial charge in [0.15, 0.2) is 0 Å². The molecule has 3 atom stereocenters. The van der Waals surface area contributed by atoms with Gasteiger partial charge in [-0.05, 0) is 65.7 Å². The molecule has 0 aromatic heterocycles. The molecule has 0 aromatic rings. The van der Waals surface area contributed by atoms with Crippen LogP contribution in [0.4, 0.5) is 0 Å². The highest BCUT2D eigenvalue weighted by molar-refractivity contribution is 5.81. The summed E-state index contributed by atoms with van der Waals surface area (Å²) < 4.78 is 5.03. The first-order valence-electron chi connectivity index (χ1n) is 8.17. The Hall–Kier alpha value is -0.650. The predicted octanol–water partition coefficient (Wildman–Crippen LogP) is 0.944. The number of nitrogens with zero attached hydrogens (tertiary/aromatic N) is 2. The molecule has 2 aliphatic rings. The average Bonchev–Trinajstić information content (AvgIpc) is 2.91. The summed E-state index contributed by atoms with van der Waals surface area (Å²) in [4.78, 5) is 17.0. The van der Waals surface area contributed by atoms with Crippen molar-refractivity contribution < 1.29 is 9.53 Å². The number of methoxy groups -OCH3 is 1. The number of hydrogen-bond acceptors (Lipinski definition) is 5. The van der Waals surface area contributed by atoms with Gasteiger partial charge in [0.05, 0.1) is 7.11 Å². The lowest BCUT2D eigenvalue weighted by molar-refractivity contribution is -0.151. The van der Waals surface area contributed by atoms with Crippen molar-refractivity contribution in [3.63, 3.8) is 0 Å². The molecule has 1 N–H and O–H groups in total. The van der Waals surface area contributed by atoms with Gasteiger partial charge in [-0.1, -0.05) is 0 Å². The summed E-state index contributed by atoms with van der Waals surface area (Å²) in [6.07, 6.45) is 5.29. The monoisotopic (exact) mass is 297 g/mol. The van der Waals surface area contributed by atoms with Gasteiger partial charge in [0.1, 0.15) is 5.54 Å². The minimum absolute atomic E-state index is 0.108. The molecule has 1 saturated heterocycles. The van der Waals surface area contributed by atoms with Crippen molar-refractivity contribution >= 4 is 5.97 Å². The number of likely N-dealkylation sites (N-methyl/N-ethyl adjacent to an activating group) is 1. The topological polar surface area (TPSA) is 44.8 Å². The summed E-state index contributed by atoms with van der Waals surface area (Å²) in [5, 5.41) is 3.24. The van der Waals surface area contributed by atoms with E-state index < -0.39 is 5.54 Å². The minimum Gasteiger partial charge on any atom is -0.468 e. The molecule has 122 valence electrons. The number of carbonyl (C=O) groups excluding carboxylic acids is 1. The molecule has 2 fully saturated rings. The molecular formula is C16H31N3O2. The van der Waals surface area contributed by atoms with Gasteiger partial charge in [-0.15, -0.1) is 0 Å². The van der Waals surface area contributed by atoms with Crippen LogP contribution < -0.4 is 5.32 Å². The highest BCUT2D eigenvalue weighted by Gasteiger charge is 2.43. The third kappa shape index (κ3) is 3.76. The maximum absolute atomic E-state index is 12.2. The van der Waals surface area contributed by atoms with E-state index in [1.54, 1.807) is 0 Å². The molecule has 5 nitrogen and oxygen atoms in total. The molecule has 0 radical (unpaired) electrons. The van der Waals surface area contributed by atoms with Gasteiger partial charge in [-0.2, -0.15) is 0 Å². The van der Waals surface area contributed by atoms with Crippen molar-refractivity contribution in [2.45, 2.75) is 43.7 Å². The number of nitrogens with one attached hydrogen (secondary N) is 1. The molecule has 1 aliphatic carbocycles. The second-order valence-electron chi connectivity index (χ2n) is 6.93. The molecular weight excluding hydrogens is 266 g/mol. The van der Waals surface area contributed by atoms with Crippen LogP contribution in [0, 0.1) is 5.92 Å². The summed E-state index contributed by atoms with van der Waals surface area (Å²) in [7, 11) is 7.78. The Morgan fingerprint density at radius 3 is 2.81 bits per heavy atom. The van der Waals surface area contributed by atoms with Crippen LogP contribution in [0.2, 0.25) is 0 Å². The van der Waals surface area contributed by atoms with Crippen molar-refractivity contribution in [2.75, 3.05) is 47.9 Å². The number of rotatable bonds is 5. The van der Waals surface area contributed by atoms with Gasteiger partial charge >= 0.3 is 5.97 Å². The van der Waals surface area contributed by atoms with Gasteiger partial charge in [0.25, 0.3) is 0 Å². The SMILES string of the molecule is CNC1(C(=O)OC)CCCC(N(C)CC2CCN(C)C2)C1. The first kappa shape index (κ1) is 16.7. The summed E-state index contributed by atoms with van der Waals surface area (Å²) in [6.45, 7) is 3.55. The molecule has 5 heteroatoms. The summed E-state index contributed by atoms with van der Waals surface area (Å²) in [6, 6.07) is 0.469. The molecule has 21 heavy (non-hydrogen) atoms. The number of hydrogen-bond donors (Lipinski definition) is 1. The number of likely N-dealkylation sites (tertiary alicyclic amines) is 1. The minimum atomic E-state index is -0.488. The Bertz CT molecular complexity index is 363. The fourth-order valence-corrected chi connectivity index (χ4v) is 4.06. The van der Waals surface area contributed by atoms with Crippen LogP contribution in [-0.2, 0) is 9.53 Å². The normalized spacial score (nSPS) is 34.3. The number of carbonyl (C=O) groups is 1. The Kier molecular flexibility index (Phi) is 5.63. The van der Waals surface area contributed by atoms with E-state index in [4.69, 9.17) is 4.74 Å². The van der Waals surface area contributed by atoms with Crippen LogP contribution in [0.15, 0.2) is 0 Å². The van der Waals surface area contributed by atoms with Crippen LogP contribution in [0.5, 0.6) is 0 Å². The summed E-state index contributed by atoms with van der Waals surface area (Å²) >= 11 is 0. The third-order valence-electron chi connectivity index (χ3n) is 5.44. The first-order valence-corrected chi connectivity index (χ1v) is 8.17. The largest absolute Gasteiger partial charge is 0.468 e. The lowest BCUT2D eigenvalue weighted by Crippen LogP contribution is -2.57. The van der Waals surface area contributed by atoms with Crippen molar-refractivity contribution in [3.05, 3.63) is 0 Å². The standard InChI is InChI=1S/C16H31N3O2/c1-17-16(15(20)21-4)8-5-6-14(10-16)19(3)12-13-7-9-18(2)11-13/h13-14,17H,5-12H2,1-4H3. The number of ether oxygens (including phenoxy) is 1. The van der Waals surface area contributed by atoms with Crippen molar-refractivity contribution in [3.8, 4) is 0 Å². The van der Waals surface area contributed by atoms with E-state index >= 15 is 0 Å². The zero-order valence-corrected chi connectivity index (χ0v) is 14.0. The predicted molar refractivity (Wildman–Crippen MR) is 84.3 cm³/mol. The molecule has 0 spiro atoms. The quantitative estimate of drug-likeness (QED) is 0.765. The average molecular weight is 297 g/mol. The van der Waals surface area contributed by atoms with Crippen molar-refractivity contribution in [1.29, 1.82) is 0 Å². The van der Waals surface area contributed by atoms with Crippen LogP contribution in [0.3, 0.4) is 0 Å². The Morgan fingerprint density at radius 2 is 2.24 bits per heavy atom. The second kappa shape index (κ2) is 7.07. The highest BCUT2D eigenvalue weighted by atomic mass is 16.5. The van der Waals surface area contributed by atoms with Crippen LogP contribution in [0.1, 0.15) is 32.1 Å². The van der Waals surface area contributed by atoms with E-state index in [0.717, 1.165) is 31.7 Å². The van der Waals surface area contributed by atoms with Crippen LogP contribution in [-0.4, -0.2) is 75.2 Å². The molecule has 2 rings (SSSR count). The second-order valence-corrected chi connectivity index (χ2v) is 6.93.